The van der Waals surface area contributed by atoms with Gasteiger partial charge in [0.1, 0.15) is 35.2 Å². The minimum atomic E-state index is -4.23. The van der Waals surface area contributed by atoms with Gasteiger partial charge in [0, 0.05) is 55.1 Å². The summed E-state index contributed by atoms with van der Waals surface area (Å²) in [6.07, 6.45) is 1.00. The topological polar surface area (TPSA) is 97.8 Å². The van der Waals surface area contributed by atoms with E-state index in [0.717, 1.165) is 24.0 Å². The van der Waals surface area contributed by atoms with Crippen LogP contribution in [0.4, 0.5) is 27.6 Å². The maximum atomic E-state index is 15.6. The second-order valence-electron chi connectivity index (χ2n) is 14.7. The van der Waals surface area contributed by atoms with Gasteiger partial charge in [-0.1, -0.05) is 6.07 Å². The smallest absolute Gasteiger partial charge is 0.401 e. The number of amides is 1. The molecule has 5 heterocycles. The van der Waals surface area contributed by atoms with Gasteiger partial charge in [0.25, 0.3) is 5.91 Å². The number of aromatic amines is 1. The van der Waals surface area contributed by atoms with Crippen molar-refractivity contribution in [3.05, 3.63) is 94.8 Å². The van der Waals surface area contributed by atoms with Gasteiger partial charge in [-0.15, -0.1) is 0 Å². The first-order valence-corrected chi connectivity index (χ1v) is 18.0. The second-order valence-corrected chi connectivity index (χ2v) is 14.7. The van der Waals surface area contributed by atoms with Crippen LogP contribution in [0, 0.1) is 11.6 Å². The van der Waals surface area contributed by atoms with E-state index in [0.29, 0.717) is 59.7 Å². The van der Waals surface area contributed by atoms with E-state index < -0.39 is 42.4 Å². The molecule has 1 saturated carbocycles. The Hall–Kier alpha value is -4.92. The van der Waals surface area contributed by atoms with Crippen LogP contribution in [-0.4, -0.2) is 87.8 Å². The molecule has 1 saturated heterocycles. The molecule has 2 aromatic carbocycles. The fourth-order valence-corrected chi connectivity index (χ4v) is 7.77. The third-order valence-electron chi connectivity index (χ3n) is 10.9. The number of aliphatic hydroxyl groups is 1. The predicted molar refractivity (Wildman–Crippen MR) is 193 cm³/mol. The van der Waals surface area contributed by atoms with Crippen LogP contribution in [0.5, 0.6) is 5.75 Å². The van der Waals surface area contributed by atoms with Crippen LogP contribution in [0.25, 0.3) is 33.5 Å². The van der Waals surface area contributed by atoms with Crippen molar-refractivity contribution in [3.63, 3.8) is 0 Å². The largest absolute Gasteiger partial charge is 0.491 e. The number of piperazine rings is 1. The molecule has 2 aliphatic heterocycles. The lowest BCUT2D eigenvalue weighted by molar-refractivity contribution is -0.150. The number of nitrogens with zero attached hydrogens (tertiary/aromatic N) is 5. The number of nitrogens with one attached hydrogen (secondary N) is 1. The zero-order chi connectivity index (χ0) is 37.9. The summed E-state index contributed by atoms with van der Waals surface area (Å²) in [5.41, 5.74) is 4.01. The molecule has 1 amide bonds. The number of pyridine rings is 2. The molecule has 0 atom stereocenters. The zero-order valence-electron chi connectivity index (χ0n) is 29.8. The first kappa shape index (κ1) is 36.1. The summed E-state index contributed by atoms with van der Waals surface area (Å²) < 4.78 is 75.6. The van der Waals surface area contributed by atoms with Gasteiger partial charge in [0.15, 0.2) is 0 Å². The van der Waals surface area contributed by atoms with Crippen LogP contribution in [0.15, 0.2) is 60.9 Å². The summed E-state index contributed by atoms with van der Waals surface area (Å²) in [6, 6.07) is 12.9. The van der Waals surface area contributed by atoms with Gasteiger partial charge in [0.05, 0.1) is 36.8 Å². The Labute approximate surface area is 308 Å². The number of hydrogen-bond donors (Lipinski definition) is 2. The molecule has 2 N–H and O–H groups in total. The average Bonchev–Trinajstić information content (AvgIpc) is 3.92. The summed E-state index contributed by atoms with van der Waals surface area (Å²) in [5.74, 6) is -1.62. The van der Waals surface area contributed by atoms with Crippen molar-refractivity contribution >= 4 is 22.6 Å². The van der Waals surface area contributed by atoms with Crippen LogP contribution in [0.2, 0.25) is 0 Å². The number of halogens is 5. The molecule has 3 aromatic heterocycles. The number of aromatic nitrogens is 3. The number of H-pyrrole nitrogens is 1. The Morgan fingerprint density at radius 1 is 0.944 bits per heavy atom. The number of hydrogen-bond acceptors (Lipinski definition) is 7. The van der Waals surface area contributed by atoms with E-state index in [4.69, 9.17) is 9.72 Å². The molecule has 0 radical (unpaired) electrons. The Morgan fingerprint density at radius 2 is 1.72 bits per heavy atom. The number of alkyl halides is 3. The van der Waals surface area contributed by atoms with Gasteiger partial charge in [-0.3, -0.25) is 19.6 Å². The maximum absolute atomic E-state index is 15.6. The Balaban J connectivity index is 1.09. The number of benzene rings is 2. The molecule has 54 heavy (non-hydrogen) atoms. The van der Waals surface area contributed by atoms with Crippen molar-refractivity contribution in [2.75, 3.05) is 50.8 Å². The molecule has 9 nitrogen and oxygen atoms in total. The fraction of sp³-hybridized carbons (Fsp3) is 0.375. The SMILES string of the molecule is CC(C)(c1ccc(-c2cc3c(-c4cc(F)cc(N5CCOc6cc(C7CC7)cc(F)c6C5=O)c4CO)ccnc3[nH]2)nc1)N1CCN(CC(F)(F)F)CC1. The van der Waals surface area contributed by atoms with Crippen molar-refractivity contribution in [3.8, 4) is 28.3 Å². The van der Waals surface area contributed by atoms with Gasteiger partial charge in [0.2, 0.25) is 0 Å². The van der Waals surface area contributed by atoms with Gasteiger partial charge in [-0.25, -0.2) is 13.8 Å². The predicted octanol–water partition coefficient (Wildman–Crippen LogP) is 7.39. The molecular formula is C40H39F5N6O3. The molecular weight excluding hydrogens is 707 g/mol. The van der Waals surface area contributed by atoms with Crippen molar-refractivity contribution in [2.45, 2.75) is 50.9 Å². The minimum absolute atomic E-state index is 0.00833. The minimum Gasteiger partial charge on any atom is -0.491 e. The van der Waals surface area contributed by atoms with Crippen LogP contribution in [-0.2, 0) is 12.1 Å². The summed E-state index contributed by atoms with van der Waals surface area (Å²) in [4.78, 5) is 31.3. The van der Waals surface area contributed by atoms with E-state index in [2.05, 4.69) is 14.9 Å². The number of ether oxygens (including phenoxy) is 1. The van der Waals surface area contributed by atoms with E-state index in [-0.39, 0.29) is 41.6 Å². The molecule has 0 unspecified atom stereocenters. The van der Waals surface area contributed by atoms with Gasteiger partial charge in [-0.05, 0) is 97.3 Å². The third-order valence-corrected chi connectivity index (χ3v) is 10.9. The molecule has 282 valence electrons. The number of rotatable bonds is 8. The average molecular weight is 747 g/mol. The molecule has 14 heteroatoms. The van der Waals surface area contributed by atoms with Crippen LogP contribution < -0.4 is 9.64 Å². The van der Waals surface area contributed by atoms with Crippen molar-refractivity contribution in [1.29, 1.82) is 0 Å². The van der Waals surface area contributed by atoms with Crippen molar-refractivity contribution in [2.24, 2.45) is 0 Å². The van der Waals surface area contributed by atoms with Crippen LogP contribution in [0.3, 0.4) is 0 Å². The third kappa shape index (κ3) is 6.82. The summed E-state index contributed by atoms with van der Waals surface area (Å²) >= 11 is 0. The highest BCUT2D eigenvalue weighted by Crippen LogP contribution is 2.44. The first-order chi connectivity index (χ1) is 25.8. The highest BCUT2D eigenvalue weighted by Gasteiger charge is 2.37. The van der Waals surface area contributed by atoms with Gasteiger partial charge in [-0.2, -0.15) is 13.2 Å². The fourth-order valence-electron chi connectivity index (χ4n) is 7.77. The Morgan fingerprint density at radius 3 is 2.41 bits per heavy atom. The quantitative estimate of drug-likeness (QED) is 0.160. The van der Waals surface area contributed by atoms with Crippen molar-refractivity contribution < 1.29 is 36.6 Å². The highest BCUT2D eigenvalue weighted by molar-refractivity contribution is 6.09. The van der Waals surface area contributed by atoms with Crippen molar-refractivity contribution in [1.82, 2.24) is 24.8 Å². The van der Waals surface area contributed by atoms with E-state index in [1.54, 1.807) is 24.5 Å². The normalized spacial score (nSPS) is 17.5. The Kier molecular flexibility index (Phi) is 9.18. The molecule has 0 bridgehead atoms. The van der Waals surface area contributed by atoms with Crippen LogP contribution >= 0.6 is 0 Å². The lowest BCUT2D eigenvalue weighted by Crippen LogP contribution is -2.54. The molecule has 5 aromatic rings. The van der Waals surface area contributed by atoms with Crippen LogP contribution in [0.1, 0.15) is 59.7 Å². The highest BCUT2D eigenvalue weighted by atomic mass is 19.4. The maximum Gasteiger partial charge on any atom is 0.401 e. The molecule has 3 aliphatic rings. The summed E-state index contributed by atoms with van der Waals surface area (Å²) in [7, 11) is 0. The second kappa shape index (κ2) is 13.7. The number of aliphatic hydroxyl groups excluding tert-OH is 1. The Bertz CT molecular complexity index is 2230. The summed E-state index contributed by atoms with van der Waals surface area (Å²) in [6.45, 7) is 4.28. The monoisotopic (exact) mass is 746 g/mol. The molecule has 8 rings (SSSR count). The van der Waals surface area contributed by atoms with E-state index in [1.165, 1.54) is 28.0 Å². The zero-order valence-corrected chi connectivity index (χ0v) is 29.8. The number of fused-ring (bicyclic) bond motifs is 2. The van der Waals surface area contributed by atoms with E-state index >= 15 is 8.78 Å². The lowest BCUT2D eigenvalue weighted by Gasteiger charge is -2.44. The lowest BCUT2D eigenvalue weighted by atomic mass is 9.92. The van der Waals surface area contributed by atoms with E-state index in [1.807, 2.05) is 32.0 Å². The number of carbonyl (C=O) groups is 1. The van der Waals surface area contributed by atoms with E-state index in [9.17, 15) is 23.1 Å². The number of anilines is 1. The summed E-state index contributed by atoms with van der Waals surface area (Å²) in [5, 5.41) is 11.4. The first-order valence-electron chi connectivity index (χ1n) is 18.0. The van der Waals surface area contributed by atoms with Gasteiger partial charge < -0.3 is 19.7 Å². The molecule has 2 fully saturated rings. The number of carbonyl (C=O) groups excluding carboxylic acids is 1. The standard InChI is InChI=1S/C40H39F5N6O3/c1-39(2,50-11-9-49(10-12-50)22-40(43,44)45)25-5-6-32(47-20-25)33-19-29-27(7-8-46-37(29)48-33)28-17-26(41)18-34(30(28)21-52)51-13-14-54-35-16-24(23-3-4-23)15-31(42)36(35)38(51)53/h5-8,15-20,23,52H,3-4,9-14,21-22H2,1-2H3,(H,46,48). The van der Waals surface area contributed by atoms with Gasteiger partial charge >= 0.3 is 6.18 Å². The molecule has 1 aliphatic carbocycles. The molecule has 0 spiro atoms.